The fourth-order valence-corrected chi connectivity index (χ4v) is 2.83. The third-order valence-corrected chi connectivity index (χ3v) is 3.57. The maximum atomic E-state index is 10.8. The lowest BCUT2D eigenvalue weighted by atomic mass is 10.2. The molecule has 0 spiro atoms. The number of thiophene rings is 1. The van der Waals surface area contributed by atoms with Crippen molar-refractivity contribution < 1.29 is 9.90 Å². The molecule has 13 heavy (non-hydrogen) atoms. The lowest BCUT2D eigenvalue weighted by Gasteiger charge is -1.87. The summed E-state index contributed by atoms with van der Waals surface area (Å²) >= 11 is 4.87. The van der Waals surface area contributed by atoms with Crippen molar-refractivity contribution in [3.05, 3.63) is 21.6 Å². The second kappa shape index (κ2) is 2.85. The van der Waals surface area contributed by atoms with Crippen molar-refractivity contribution in [1.29, 1.82) is 0 Å². The molecule has 2 aromatic heterocycles. The Balaban J connectivity index is 2.83. The highest BCUT2D eigenvalue weighted by Crippen LogP contribution is 2.32. The molecule has 0 saturated heterocycles. The van der Waals surface area contributed by atoms with Gasteiger partial charge in [0, 0.05) is 18.6 Å². The van der Waals surface area contributed by atoms with Crippen LogP contribution in [0.2, 0.25) is 0 Å². The monoisotopic (exact) mass is 259 g/mol. The van der Waals surface area contributed by atoms with Crippen LogP contribution in [0.4, 0.5) is 0 Å². The number of fused-ring (bicyclic) bond motifs is 1. The quantitative estimate of drug-likeness (QED) is 0.856. The molecule has 2 rings (SSSR count). The van der Waals surface area contributed by atoms with E-state index >= 15 is 0 Å². The Labute approximate surface area is 86.7 Å². The summed E-state index contributed by atoms with van der Waals surface area (Å²) < 4.78 is 2.78. The number of aryl methyl sites for hydroxylation is 1. The van der Waals surface area contributed by atoms with Crippen LogP contribution in [0.15, 0.2) is 16.0 Å². The molecule has 0 bridgehead atoms. The van der Waals surface area contributed by atoms with Crippen LogP contribution in [0.25, 0.3) is 10.2 Å². The number of carboxylic acids is 1. The third-order valence-electron chi connectivity index (χ3n) is 1.85. The zero-order valence-corrected chi connectivity index (χ0v) is 9.15. The van der Waals surface area contributed by atoms with Gasteiger partial charge in [0.15, 0.2) is 0 Å². The SMILES string of the molecule is Cn1cc(C(=O)O)c2cc(Br)sc21. The van der Waals surface area contributed by atoms with Gasteiger partial charge < -0.3 is 9.67 Å². The molecular formula is C8H6BrNO2S. The molecule has 3 nitrogen and oxygen atoms in total. The summed E-state index contributed by atoms with van der Waals surface area (Å²) in [7, 11) is 1.84. The van der Waals surface area contributed by atoms with Gasteiger partial charge >= 0.3 is 5.97 Å². The van der Waals surface area contributed by atoms with Gasteiger partial charge in [-0.1, -0.05) is 0 Å². The summed E-state index contributed by atoms with van der Waals surface area (Å²) in [6, 6.07) is 1.84. The number of aromatic carboxylic acids is 1. The van der Waals surface area contributed by atoms with Crippen molar-refractivity contribution >= 4 is 43.5 Å². The molecule has 0 amide bonds. The number of hydrogen-bond acceptors (Lipinski definition) is 2. The van der Waals surface area contributed by atoms with E-state index in [1.54, 1.807) is 6.20 Å². The normalized spacial score (nSPS) is 10.9. The summed E-state index contributed by atoms with van der Waals surface area (Å²) in [5, 5.41) is 9.68. The molecule has 0 aromatic carbocycles. The lowest BCUT2D eigenvalue weighted by molar-refractivity contribution is 0.0699. The molecule has 0 radical (unpaired) electrons. The molecule has 0 aliphatic heterocycles. The number of carboxylic acid groups (broad SMARTS) is 1. The van der Waals surface area contributed by atoms with Crippen molar-refractivity contribution in [2.75, 3.05) is 0 Å². The van der Waals surface area contributed by atoms with Gasteiger partial charge in [-0.2, -0.15) is 0 Å². The van der Waals surface area contributed by atoms with Crippen LogP contribution in [-0.2, 0) is 7.05 Å². The second-order valence-corrected chi connectivity index (χ2v) is 5.14. The standard InChI is InChI=1S/C8H6BrNO2S/c1-10-3-5(8(11)12)4-2-6(9)13-7(4)10/h2-3H,1H3,(H,11,12). The fraction of sp³-hybridized carbons (Fsp3) is 0.125. The van der Waals surface area contributed by atoms with Crippen molar-refractivity contribution in [2.24, 2.45) is 7.05 Å². The van der Waals surface area contributed by atoms with E-state index in [0.717, 1.165) is 14.0 Å². The summed E-state index contributed by atoms with van der Waals surface area (Å²) in [6.45, 7) is 0. The molecule has 0 atom stereocenters. The second-order valence-electron chi connectivity index (χ2n) is 2.73. The van der Waals surface area contributed by atoms with Gasteiger partial charge in [0.1, 0.15) is 4.83 Å². The number of carbonyl (C=O) groups is 1. The molecule has 0 aliphatic rings. The van der Waals surface area contributed by atoms with Crippen LogP contribution in [-0.4, -0.2) is 15.6 Å². The van der Waals surface area contributed by atoms with Gasteiger partial charge in [-0.25, -0.2) is 4.79 Å². The Bertz CT molecular complexity index is 486. The Morgan fingerprint density at radius 2 is 2.38 bits per heavy atom. The topological polar surface area (TPSA) is 42.2 Å². The zero-order chi connectivity index (χ0) is 9.59. The van der Waals surface area contributed by atoms with Crippen LogP contribution in [0.5, 0.6) is 0 Å². The summed E-state index contributed by atoms with van der Waals surface area (Å²) in [5.74, 6) is -0.879. The van der Waals surface area contributed by atoms with Gasteiger partial charge in [0.2, 0.25) is 0 Å². The molecule has 0 unspecified atom stereocenters. The van der Waals surface area contributed by atoms with Crippen molar-refractivity contribution in [3.8, 4) is 0 Å². The average Bonchev–Trinajstić information content (AvgIpc) is 2.51. The summed E-state index contributed by atoms with van der Waals surface area (Å²) in [5.41, 5.74) is 0.361. The summed E-state index contributed by atoms with van der Waals surface area (Å²) in [6.07, 6.45) is 1.63. The Kier molecular flexibility index (Phi) is 1.92. The number of rotatable bonds is 1. The molecule has 0 saturated carbocycles. The first-order valence-corrected chi connectivity index (χ1v) is 5.18. The zero-order valence-electron chi connectivity index (χ0n) is 6.74. The first-order valence-electron chi connectivity index (χ1n) is 3.57. The highest BCUT2D eigenvalue weighted by atomic mass is 79.9. The van der Waals surface area contributed by atoms with E-state index in [1.807, 2.05) is 17.7 Å². The van der Waals surface area contributed by atoms with Crippen molar-refractivity contribution in [3.63, 3.8) is 0 Å². The van der Waals surface area contributed by atoms with Crippen LogP contribution < -0.4 is 0 Å². The molecule has 1 N–H and O–H groups in total. The minimum absolute atomic E-state index is 0.361. The average molecular weight is 260 g/mol. The minimum atomic E-state index is -0.879. The van der Waals surface area contributed by atoms with Crippen LogP contribution >= 0.6 is 27.3 Å². The Morgan fingerprint density at radius 1 is 1.69 bits per heavy atom. The lowest BCUT2D eigenvalue weighted by Crippen LogP contribution is -1.93. The molecule has 0 aliphatic carbocycles. The maximum Gasteiger partial charge on any atom is 0.337 e. The number of halogens is 1. The molecule has 2 heterocycles. The number of aromatic nitrogens is 1. The highest BCUT2D eigenvalue weighted by molar-refractivity contribution is 9.11. The third kappa shape index (κ3) is 1.28. The predicted octanol–water partition coefficient (Wildman–Crippen LogP) is 2.70. The minimum Gasteiger partial charge on any atom is -0.478 e. The van der Waals surface area contributed by atoms with E-state index < -0.39 is 5.97 Å². The number of nitrogens with zero attached hydrogens (tertiary/aromatic N) is 1. The molecule has 2 aromatic rings. The Morgan fingerprint density at radius 3 is 3.00 bits per heavy atom. The van der Waals surface area contributed by atoms with Crippen LogP contribution in [0.3, 0.4) is 0 Å². The predicted molar refractivity (Wildman–Crippen MR) is 55.5 cm³/mol. The molecule has 68 valence electrons. The molecule has 0 fully saturated rings. The maximum absolute atomic E-state index is 10.8. The fourth-order valence-electron chi connectivity index (χ4n) is 1.30. The van der Waals surface area contributed by atoms with Gasteiger partial charge in [-0.15, -0.1) is 11.3 Å². The van der Waals surface area contributed by atoms with E-state index in [4.69, 9.17) is 5.11 Å². The van der Waals surface area contributed by atoms with Gasteiger partial charge in [-0.3, -0.25) is 0 Å². The van der Waals surface area contributed by atoms with Crippen LogP contribution in [0.1, 0.15) is 10.4 Å². The first kappa shape index (κ1) is 8.77. The summed E-state index contributed by atoms with van der Waals surface area (Å²) in [4.78, 5) is 11.8. The van der Waals surface area contributed by atoms with Gasteiger partial charge in [0.05, 0.1) is 9.35 Å². The Hall–Kier alpha value is -0.810. The van der Waals surface area contributed by atoms with Gasteiger partial charge in [0.25, 0.3) is 0 Å². The largest absolute Gasteiger partial charge is 0.478 e. The van der Waals surface area contributed by atoms with Crippen molar-refractivity contribution in [2.45, 2.75) is 0 Å². The highest BCUT2D eigenvalue weighted by Gasteiger charge is 2.14. The van der Waals surface area contributed by atoms with E-state index in [9.17, 15) is 4.79 Å². The first-order chi connectivity index (χ1) is 6.09. The number of hydrogen-bond donors (Lipinski definition) is 1. The van der Waals surface area contributed by atoms with E-state index in [2.05, 4.69) is 15.9 Å². The van der Waals surface area contributed by atoms with E-state index in [1.165, 1.54) is 11.3 Å². The van der Waals surface area contributed by atoms with Crippen LogP contribution in [0, 0.1) is 0 Å². The molecular weight excluding hydrogens is 254 g/mol. The van der Waals surface area contributed by atoms with E-state index in [0.29, 0.717) is 5.56 Å². The van der Waals surface area contributed by atoms with Crippen molar-refractivity contribution in [1.82, 2.24) is 4.57 Å². The molecule has 5 heteroatoms. The van der Waals surface area contributed by atoms with Gasteiger partial charge in [-0.05, 0) is 22.0 Å². The van der Waals surface area contributed by atoms with E-state index in [-0.39, 0.29) is 0 Å². The smallest absolute Gasteiger partial charge is 0.337 e.